The number of benzene rings is 2. The van der Waals surface area contributed by atoms with Crippen LogP contribution in [0.25, 0.3) is 0 Å². The van der Waals surface area contributed by atoms with Gasteiger partial charge in [-0.05, 0) is 68.0 Å². The predicted molar refractivity (Wildman–Crippen MR) is 133 cm³/mol. The third-order valence-corrected chi connectivity index (χ3v) is 7.15. The molecular weight excluding hydrogens is 441 g/mol. The number of carbonyl (C=O) groups excluding carboxylic acids is 1. The van der Waals surface area contributed by atoms with Crippen molar-refractivity contribution >= 4 is 29.1 Å². The monoisotopic (exact) mass is 473 g/mol. The van der Waals surface area contributed by atoms with Crippen molar-refractivity contribution in [2.45, 2.75) is 70.6 Å². The number of likely N-dealkylation sites (tertiary alicyclic amines) is 1. The van der Waals surface area contributed by atoms with Gasteiger partial charge in [-0.1, -0.05) is 67.4 Å². The van der Waals surface area contributed by atoms with E-state index in [9.17, 15) is 9.90 Å². The average molecular weight is 474 g/mol. The number of allylic oxidation sites excluding steroid dienone is 1. The number of carbonyl (C=O) groups is 1. The highest BCUT2D eigenvalue weighted by Crippen LogP contribution is 2.52. The Hall–Kier alpha value is -1.81. The third-order valence-electron chi connectivity index (χ3n) is 6.66. The molecule has 0 aromatic heterocycles. The molecule has 0 bridgehead atoms. The predicted octanol–water partition coefficient (Wildman–Crippen LogP) is 7.18. The maximum atomic E-state index is 14.1. The van der Waals surface area contributed by atoms with E-state index < -0.39 is 11.5 Å². The van der Waals surface area contributed by atoms with Crippen LogP contribution in [0.1, 0.15) is 69.5 Å². The van der Waals surface area contributed by atoms with Gasteiger partial charge in [-0.25, -0.2) is 0 Å². The molecule has 172 valence electrons. The molecular formula is C27H33Cl2NO2. The molecule has 1 N–H and O–H groups in total. The Kier molecular flexibility index (Phi) is 8.08. The molecule has 32 heavy (non-hydrogen) atoms. The second-order valence-electron chi connectivity index (χ2n) is 9.27. The maximum Gasteiger partial charge on any atom is 0.229 e. The van der Waals surface area contributed by atoms with Crippen LogP contribution in [0.5, 0.6) is 0 Å². The van der Waals surface area contributed by atoms with Crippen LogP contribution < -0.4 is 0 Å². The number of nitrogens with zero attached hydrogens (tertiary/aromatic N) is 1. The summed E-state index contributed by atoms with van der Waals surface area (Å²) in [6, 6.07) is 15.4. The van der Waals surface area contributed by atoms with Gasteiger partial charge in [0.05, 0.1) is 17.6 Å². The number of aliphatic hydroxyl groups is 1. The van der Waals surface area contributed by atoms with E-state index in [0.29, 0.717) is 29.3 Å². The first-order chi connectivity index (χ1) is 15.2. The first-order valence-electron chi connectivity index (χ1n) is 11.3. The first kappa shape index (κ1) is 24.8. The molecule has 0 saturated carbocycles. The molecule has 2 aromatic rings. The molecule has 1 aliphatic heterocycles. The Morgan fingerprint density at radius 1 is 1.19 bits per heavy atom. The van der Waals surface area contributed by atoms with E-state index >= 15 is 0 Å². The van der Waals surface area contributed by atoms with Crippen molar-refractivity contribution in [1.82, 2.24) is 4.90 Å². The van der Waals surface area contributed by atoms with Crippen molar-refractivity contribution in [2.24, 2.45) is 5.41 Å². The molecule has 1 aliphatic rings. The molecule has 5 atom stereocenters. The van der Waals surface area contributed by atoms with Crippen LogP contribution in [0.3, 0.4) is 0 Å². The lowest BCUT2D eigenvalue weighted by molar-refractivity contribution is -0.155. The zero-order valence-electron chi connectivity index (χ0n) is 19.1. The number of hydrogen-bond donors (Lipinski definition) is 1. The second kappa shape index (κ2) is 10.4. The summed E-state index contributed by atoms with van der Waals surface area (Å²) in [6.45, 7) is 9.82. The van der Waals surface area contributed by atoms with E-state index in [1.54, 1.807) is 6.92 Å². The van der Waals surface area contributed by atoms with Crippen molar-refractivity contribution in [3.05, 3.63) is 82.4 Å². The average Bonchev–Trinajstić information content (AvgIpc) is 2.75. The van der Waals surface area contributed by atoms with Crippen LogP contribution >= 0.6 is 23.2 Å². The summed E-state index contributed by atoms with van der Waals surface area (Å²) in [4.78, 5) is 16.1. The Bertz CT molecular complexity index is 943. The SMILES string of the molecule is C=CC[C@@]1(C)C[C@H](c2cccc(Cl)c2)[C@@H](c2ccc(Cl)cc2)N([C@@H](CC)CC(C)O)C1=O. The minimum absolute atomic E-state index is 0.0422. The van der Waals surface area contributed by atoms with E-state index in [4.69, 9.17) is 23.2 Å². The number of aliphatic hydroxyl groups excluding tert-OH is 1. The van der Waals surface area contributed by atoms with Crippen LogP contribution in [0, 0.1) is 5.41 Å². The lowest BCUT2D eigenvalue weighted by Crippen LogP contribution is -2.55. The fourth-order valence-corrected chi connectivity index (χ4v) is 5.48. The topological polar surface area (TPSA) is 40.5 Å². The van der Waals surface area contributed by atoms with Crippen molar-refractivity contribution < 1.29 is 9.90 Å². The zero-order valence-corrected chi connectivity index (χ0v) is 20.6. The summed E-state index contributed by atoms with van der Waals surface area (Å²) in [5.74, 6) is 0.156. The van der Waals surface area contributed by atoms with E-state index in [1.807, 2.05) is 60.4 Å². The molecule has 1 amide bonds. The molecule has 1 heterocycles. The third kappa shape index (κ3) is 5.22. The minimum Gasteiger partial charge on any atom is -0.393 e. The summed E-state index contributed by atoms with van der Waals surface area (Å²) in [5, 5.41) is 11.6. The van der Waals surface area contributed by atoms with Gasteiger partial charge in [-0.3, -0.25) is 4.79 Å². The largest absolute Gasteiger partial charge is 0.393 e. The van der Waals surface area contributed by atoms with E-state index in [0.717, 1.165) is 17.5 Å². The summed E-state index contributed by atoms with van der Waals surface area (Å²) >= 11 is 12.6. The van der Waals surface area contributed by atoms with Gasteiger partial charge in [0, 0.05) is 22.0 Å². The quantitative estimate of drug-likeness (QED) is 0.412. The zero-order chi connectivity index (χ0) is 23.5. The smallest absolute Gasteiger partial charge is 0.229 e. The van der Waals surface area contributed by atoms with Crippen molar-refractivity contribution in [3.63, 3.8) is 0 Å². The van der Waals surface area contributed by atoms with E-state index in [-0.39, 0.29) is 23.9 Å². The molecule has 0 radical (unpaired) electrons. The Morgan fingerprint density at radius 3 is 2.44 bits per heavy atom. The van der Waals surface area contributed by atoms with Gasteiger partial charge in [0.1, 0.15) is 0 Å². The lowest BCUT2D eigenvalue weighted by Gasteiger charge is -2.52. The molecule has 3 nitrogen and oxygen atoms in total. The minimum atomic E-state index is -0.580. The standard InChI is InChI=1S/C27H33Cl2NO2/c1-5-14-27(4)17-24(20-8-7-9-22(29)16-20)25(19-10-12-21(28)13-11-19)30(26(27)32)23(6-2)15-18(3)31/h5,7-13,16,18,23-25,31H,1,6,14-15,17H2,2-4H3/t18?,23-,24+,25+,27-/m0/s1. The van der Waals surface area contributed by atoms with Crippen molar-refractivity contribution in [2.75, 3.05) is 0 Å². The molecule has 0 aliphatic carbocycles. The summed E-state index contributed by atoms with van der Waals surface area (Å²) in [5.41, 5.74) is 1.57. The molecule has 2 aromatic carbocycles. The number of amides is 1. The van der Waals surface area contributed by atoms with Crippen LogP contribution in [0.4, 0.5) is 0 Å². The summed E-state index contributed by atoms with van der Waals surface area (Å²) < 4.78 is 0. The maximum absolute atomic E-state index is 14.1. The lowest BCUT2D eigenvalue weighted by atomic mass is 9.67. The summed E-state index contributed by atoms with van der Waals surface area (Å²) in [6.07, 6.45) is 3.90. The second-order valence-corrected chi connectivity index (χ2v) is 10.1. The van der Waals surface area contributed by atoms with Gasteiger partial charge in [-0.15, -0.1) is 6.58 Å². The van der Waals surface area contributed by atoms with Gasteiger partial charge in [0.25, 0.3) is 0 Å². The highest BCUT2D eigenvalue weighted by atomic mass is 35.5. The van der Waals surface area contributed by atoms with Crippen LogP contribution in [-0.4, -0.2) is 28.1 Å². The number of piperidine rings is 1. The number of hydrogen-bond acceptors (Lipinski definition) is 2. The number of rotatable bonds is 8. The van der Waals surface area contributed by atoms with Crippen LogP contribution in [-0.2, 0) is 4.79 Å². The van der Waals surface area contributed by atoms with Gasteiger partial charge in [0.15, 0.2) is 0 Å². The molecule has 1 fully saturated rings. The Balaban J connectivity index is 2.22. The Morgan fingerprint density at radius 2 is 1.88 bits per heavy atom. The highest BCUT2D eigenvalue weighted by Gasteiger charge is 2.50. The molecule has 5 heteroatoms. The fourth-order valence-electron chi connectivity index (χ4n) is 5.16. The van der Waals surface area contributed by atoms with Gasteiger partial charge >= 0.3 is 0 Å². The van der Waals surface area contributed by atoms with E-state index in [2.05, 4.69) is 19.6 Å². The van der Waals surface area contributed by atoms with Crippen LogP contribution in [0.15, 0.2) is 61.2 Å². The van der Waals surface area contributed by atoms with Gasteiger partial charge in [-0.2, -0.15) is 0 Å². The summed E-state index contributed by atoms with van der Waals surface area (Å²) in [7, 11) is 0. The van der Waals surface area contributed by atoms with Crippen molar-refractivity contribution in [1.29, 1.82) is 0 Å². The Labute approximate surface area is 202 Å². The number of halogens is 2. The normalized spacial score (nSPS) is 25.4. The molecule has 1 saturated heterocycles. The van der Waals surface area contributed by atoms with E-state index in [1.165, 1.54) is 0 Å². The van der Waals surface area contributed by atoms with Gasteiger partial charge < -0.3 is 10.0 Å². The van der Waals surface area contributed by atoms with Crippen molar-refractivity contribution in [3.8, 4) is 0 Å². The first-order valence-corrected chi connectivity index (χ1v) is 12.1. The molecule has 0 spiro atoms. The van der Waals surface area contributed by atoms with Crippen LogP contribution in [0.2, 0.25) is 10.0 Å². The molecule has 3 rings (SSSR count). The fraction of sp³-hybridized carbons (Fsp3) is 0.444. The van der Waals surface area contributed by atoms with Gasteiger partial charge in [0.2, 0.25) is 5.91 Å². The highest BCUT2D eigenvalue weighted by molar-refractivity contribution is 6.30. The molecule has 1 unspecified atom stereocenters.